The molecule has 1 unspecified atom stereocenters. The van der Waals surface area contributed by atoms with E-state index in [1.807, 2.05) is 20.8 Å². The highest BCUT2D eigenvalue weighted by molar-refractivity contribution is 9.10. The van der Waals surface area contributed by atoms with E-state index in [4.69, 9.17) is 4.74 Å². The largest absolute Gasteiger partial charge is 0.444 e. The van der Waals surface area contributed by atoms with Crippen LogP contribution in [0.1, 0.15) is 50.9 Å². The molecule has 1 aromatic carbocycles. The minimum Gasteiger partial charge on any atom is -0.444 e. The molecule has 2 aromatic rings. The standard InChI is InChI=1S/C19H26BrN3O2/c1-19(2,3)25-18(24)22-10-9-21-16-6-4-5-13-14-11-12(20)7-8-15(14)23-17(13)16/h7-8,11,16,21,23H,4-6,9-10H2,1-3H3,(H,22,24). The average molecular weight is 408 g/mol. The van der Waals surface area contributed by atoms with Crippen LogP contribution < -0.4 is 10.6 Å². The van der Waals surface area contributed by atoms with Gasteiger partial charge in [-0.3, -0.25) is 0 Å². The molecule has 0 bridgehead atoms. The lowest BCUT2D eigenvalue weighted by molar-refractivity contribution is 0.0528. The lowest BCUT2D eigenvalue weighted by atomic mass is 9.92. The monoisotopic (exact) mass is 407 g/mol. The van der Waals surface area contributed by atoms with Crippen molar-refractivity contribution in [2.45, 2.75) is 51.7 Å². The van der Waals surface area contributed by atoms with Crippen molar-refractivity contribution in [3.05, 3.63) is 33.9 Å². The number of hydrogen-bond donors (Lipinski definition) is 3. The molecule has 1 amide bonds. The van der Waals surface area contributed by atoms with Crippen LogP contribution in [0.25, 0.3) is 10.9 Å². The van der Waals surface area contributed by atoms with Gasteiger partial charge in [-0.25, -0.2) is 4.79 Å². The second kappa shape index (κ2) is 7.38. The summed E-state index contributed by atoms with van der Waals surface area (Å²) in [4.78, 5) is 15.3. The van der Waals surface area contributed by atoms with Gasteiger partial charge < -0.3 is 20.4 Å². The number of halogens is 1. The number of fused-ring (bicyclic) bond motifs is 3. The predicted molar refractivity (Wildman–Crippen MR) is 104 cm³/mol. The Morgan fingerprint density at radius 1 is 1.36 bits per heavy atom. The molecule has 0 spiro atoms. The third-order valence-corrected chi connectivity index (χ3v) is 4.85. The summed E-state index contributed by atoms with van der Waals surface area (Å²) < 4.78 is 6.36. The number of rotatable bonds is 4. The number of ether oxygens (including phenoxy) is 1. The first kappa shape index (κ1) is 18.3. The van der Waals surface area contributed by atoms with Gasteiger partial charge in [-0.05, 0) is 63.8 Å². The van der Waals surface area contributed by atoms with Crippen LogP contribution in [-0.4, -0.2) is 29.8 Å². The van der Waals surface area contributed by atoms with Gasteiger partial charge in [0.2, 0.25) is 0 Å². The van der Waals surface area contributed by atoms with Gasteiger partial charge in [0, 0.05) is 40.2 Å². The molecule has 0 fully saturated rings. The lowest BCUT2D eigenvalue weighted by Gasteiger charge is -2.24. The number of aromatic nitrogens is 1. The van der Waals surface area contributed by atoms with Gasteiger partial charge in [0.15, 0.2) is 0 Å². The van der Waals surface area contributed by atoms with Crippen LogP contribution in [0.5, 0.6) is 0 Å². The number of carbonyl (C=O) groups excluding carboxylic acids is 1. The van der Waals surface area contributed by atoms with E-state index in [1.165, 1.54) is 28.6 Å². The molecule has 1 aromatic heterocycles. The minimum atomic E-state index is -0.464. The summed E-state index contributed by atoms with van der Waals surface area (Å²) in [6.07, 6.45) is 3.02. The molecule has 3 N–H and O–H groups in total. The molecule has 0 saturated carbocycles. The zero-order valence-corrected chi connectivity index (χ0v) is 16.6. The van der Waals surface area contributed by atoms with E-state index >= 15 is 0 Å². The van der Waals surface area contributed by atoms with Gasteiger partial charge in [-0.2, -0.15) is 0 Å². The Kier molecular flexibility index (Phi) is 5.39. The number of alkyl carbamates (subject to hydrolysis) is 1. The molecule has 6 heteroatoms. The molecule has 136 valence electrons. The van der Waals surface area contributed by atoms with Gasteiger partial charge in [0.25, 0.3) is 0 Å². The molecule has 25 heavy (non-hydrogen) atoms. The third-order valence-electron chi connectivity index (χ3n) is 4.35. The maximum absolute atomic E-state index is 11.7. The number of benzene rings is 1. The fourth-order valence-electron chi connectivity index (χ4n) is 3.36. The topological polar surface area (TPSA) is 66.2 Å². The normalized spacial score (nSPS) is 17.4. The van der Waals surface area contributed by atoms with E-state index in [0.717, 1.165) is 17.3 Å². The summed E-state index contributed by atoms with van der Waals surface area (Å²) >= 11 is 3.56. The summed E-state index contributed by atoms with van der Waals surface area (Å²) in [6.45, 7) is 6.85. The van der Waals surface area contributed by atoms with E-state index in [1.54, 1.807) is 0 Å². The highest BCUT2D eigenvalue weighted by Crippen LogP contribution is 2.35. The molecule has 0 aliphatic heterocycles. The number of aromatic amines is 1. The van der Waals surface area contributed by atoms with Gasteiger partial charge in [-0.1, -0.05) is 15.9 Å². The molecule has 1 heterocycles. The van der Waals surface area contributed by atoms with Crippen molar-refractivity contribution in [2.24, 2.45) is 0 Å². The van der Waals surface area contributed by atoms with Crippen molar-refractivity contribution >= 4 is 32.9 Å². The first-order valence-corrected chi connectivity index (χ1v) is 9.63. The first-order chi connectivity index (χ1) is 11.8. The molecule has 5 nitrogen and oxygen atoms in total. The predicted octanol–water partition coefficient (Wildman–Crippen LogP) is 4.42. The molecule has 1 atom stereocenters. The van der Waals surface area contributed by atoms with Crippen molar-refractivity contribution in [1.82, 2.24) is 15.6 Å². The summed E-state index contributed by atoms with van der Waals surface area (Å²) in [5, 5.41) is 7.66. The molecular weight excluding hydrogens is 382 g/mol. The SMILES string of the molecule is CC(C)(C)OC(=O)NCCNC1CCCc2c1[nH]c1ccc(Br)cc21. The summed E-state index contributed by atoms with van der Waals surface area (Å²) in [6, 6.07) is 6.68. The van der Waals surface area contributed by atoms with E-state index in [-0.39, 0.29) is 6.09 Å². The van der Waals surface area contributed by atoms with Crippen molar-refractivity contribution in [1.29, 1.82) is 0 Å². The number of amides is 1. The van der Waals surface area contributed by atoms with Crippen LogP contribution in [-0.2, 0) is 11.2 Å². The molecule has 0 saturated heterocycles. The number of carbonyl (C=O) groups is 1. The van der Waals surface area contributed by atoms with Gasteiger partial charge >= 0.3 is 6.09 Å². The molecule has 3 rings (SSSR count). The fourth-order valence-corrected chi connectivity index (χ4v) is 3.73. The number of H-pyrrole nitrogens is 1. The highest BCUT2D eigenvalue weighted by atomic mass is 79.9. The highest BCUT2D eigenvalue weighted by Gasteiger charge is 2.24. The van der Waals surface area contributed by atoms with Crippen LogP contribution in [0.2, 0.25) is 0 Å². The van der Waals surface area contributed by atoms with Crippen molar-refractivity contribution < 1.29 is 9.53 Å². The summed E-state index contributed by atoms with van der Waals surface area (Å²) in [7, 11) is 0. The number of nitrogens with one attached hydrogen (secondary N) is 3. The van der Waals surface area contributed by atoms with Crippen molar-refractivity contribution in [3.63, 3.8) is 0 Å². The van der Waals surface area contributed by atoms with E-state index < -0.39 is 5.60 Å². The average Bonchev–Trinajstić information content (AvgIpc) is 2.88. The van der Waals surface area contributed by atoms with Crippen LogP contribution in [0, 0.1) is 0 Å². The molecule has 0 radical (unpaired) electrons. The van der Waals surface area contributed by atoms with Crippen LogP contribution >= 0.6 is 15.9 Å². The second-order valence-electron chi connectivity index (χ2n) is 7.53. The Hall–Kier alpha value is -1.53. The Bertz CT molecular complexity index is 764. The fraction of sp³-hybridized carbons (Fsp3) is 0.526. The zero-order chi connectivity index (χ0) is 18.0. The Morgan fingerprint density at radius 3 is 2.92 bits per heavy atom. The molecule has 1 aliphatic carbocycles. The van der Waals surface area contributed by atoms with Crippen molar-refractivity contribution in [3.8, 4) is 0 Å². The minimum absolute atomic E-state index is 0.301. The quantitative estimate of drug-likeness (QED) is 0.656. The van der Waals surface area contributed by atoms with Gasteiger partial charge in [0.1, 0.15) is 5.60 Å². The summed E-state index contributed by atoms with van der Waals surface area (Å²) in [5.41, 5.74) is 3.43. The van der Waals surface area contributed by atoms with Crippen LogP contribution in [0.15, 0.2) is 22.7 Å². The smallest absolute Gasteiger partial charge is 0.407 e. The van der Waals surface area contributed by atoms with Crippen LogP contribution in [0.3, 0.4) is 0 Å². The zero-order valence-electron chi connectivity index (χ0n) is 15.0. The Balaban J connectivity index is 1.59. The molecular formula is C19H26BrN3O2. The number of aryl methyl sites for hydroxylation is 1. The second-order valence-corrected chi connectivity index (χ2v) is 8.45. The van der Waals surface area contributed by atoms with Crippen molar-refractivity contribution in [2.75, 3.05) is 13.1 Å². The van der Waals surface area contributed by atoms with E-state index in [2.05, 4.69) is 49.7 Å². The maximum atomic E-state index is 11.7. The Morgan fingerprint density at radius 2 is 2.16 bits per heavy atom. The van der Waals surface area contributed by atoms with E-state index in [9.17, 15) is 4.79 Å². The first-order valence-electron chi connectivity index (χ1n) is 8.84. The van der Waals surface area contributed by atoms with Crippen LogP contribution in [0.4, 0.5) is 4.79 Å². The maximum Gasteiger partial charge on any atom is 0.407 e. The number of hydrogen-bond acceptors (Lipinski definition) is 3. The van der Waals surface area contributed by atoms with E-state index in [0.29, 0.717) is 19.1 Å². The third kappa shape index (κ3) is 4.55. The lowest BCUT2D eigenvalue weighted by Crippen LogP contribution is -2.37. The summed E-state index contributed by atoms with van der Waals surface area (Å²) in [5.74, 6) is 0. The Labute approximate surface area is 157 Å². The van der Waals surface area contributed by atoms with Gasteiger partial charge in [-0.15, -0.1) is 0 Å². The van der Waals surface area contributed by atoms with Gasteiger partial charge in [0.05, 0.1) is 0 Å². The molecule has 1 aliphatic rings.